The van der Waals surface area contributed by atoms with Gasteiger partial charge in [-0.1, -0.05) is 15.9 Å². The topological polar surface area (TPSA) is 55.5 Å². The molecule has 0 fully saturated rings. The van der Waals surface area contributed by atoms with Crippen molar-refractivity contribution in [2.75, 3.05) is 12.8 Å². The fourth-order valence-electron chi connectivity index (χ4n) is 1.23. The minimum absolute atomic E-state index is 0.0145. The third kappa shape index (κ3) is 1.46. The molecule has 0 aromatic heterocycles. The number of phenols is 1. The summed E-state index contributed by atoms with van der Waals surface area (Å²) in [5.74, 6) is 0.440. The molecule has 0 atom stereocenters. The first-order chi connectivity index (χ1) is 6.00. The molecule has 4 heteroatoms. The highest BCUT2D eigenvalue weighted by atomic mass is 79.9. The molecule has 0 bridgehead atoms. The second-order valence-corrected chi connectivity index (χ2v) is 3.65. The van der Waals surface area contributed by atoms with Gasteiger partial charge in [-0.3, -0.25) is 0 Å². The summed E-state index contributed by atoms with van der Waals surface area (Å²) in [5, 5.41) is 9.61. The van der Waals surface area contributed by atoms with E-state index in [4.69, 9.17) is 10.5 Å². The average Bonchev–Trinajstić information content (AvgIpc) is 2.13. The lowest BCUT2D eigenvalue weighted by atomic mass is 10.1. The second kappa shape index (κ2) is 3.46. The standard InChI is InChI=1S/C9H12BrNO2/c1-4-6(10)5(2)9(13-3)8(12)7(4)11/h12H,11H2,1-3H3. The van der Waals surface area contributed by atoms with E-state index in [1.165, 1.54) is 7.11 Å². The number of nitrogens with two attached hydrogens (primary N) is 1. The van der Waals surface area contributed by atoms with Crippen molar-refractivity contribution < 1.29 is 9.84 Å². The summed E-state index contributed by atoms with van der Waals surface area (Å²) in [6.45, 7) is 3.70. The van der Waals surface area contributed by atoms with Gasteiger partial charge in [-0.05, 0) is 19.4 Å². The molecular formula is C9H12BrNO2. The van der Waals surface area contributed by atoms with Crippen molar-refractivity contribution in [3.8, 4) is 11.5 Å². The number of hydrogen-bond acceptors (Lipinski definition) is 3. The van der Waals surface area contributed by atoms with E-state index in [1.54, 1.807) is 0 Å². The van der Waals surface area contributed by atoms with Crippen LogP contribution in [0.15, 0.2) is 4.47 Å². The van der Waals surface area contributed by atoms with Crippen LogP contribution in [0.4, 0.5) is 5.69 Å². The monoisotopic (exact) mass is 245 g/mol. The Morgan fingerprint density at radius 3 is 2.31 bits per heavy atom. The van der Waals surface area contributed by atoms with E-state index in [-0.39, 0.29) is 5.75 Å². The quantitative estimate of drug-likeness (QED) is 0.590. The molecule has 13 heavy (non-hydrogen) atoms. The molecular weight excluding hydrogens is 234 g/mol. The maximum atomic E-state index is 9.61. The zero-order chi connectivity index (χ0) is 10.2. The van der Waals surface area contributed by atoms with Crippen LogP contribution in [-0.4, -0.2) is 12.2 Å². The van der Waals surface area contributed by atoms with Gasteiger partial charge < -0.3 is 15.6 Å². The molecule has 0 saturated carbocycles. The number of benzene rings is 1. The second-order valence-electron chi connectivity index (χ2n) is 2.86. The number of halogens is 1. The summed E-state index contributed by atoms with van der Waals surface area (Å²) < 4.78 is 5.91. The van der Waals surface area contributed by atoms with Crippen molar-refractivity contribution in [2.24, 2.45) is 0 Å². The van der Waals surface area contributed by atoms with Crippen molar-refractivity contribution in [1.29, 1.82) is 0 Å². The van der Waals surface area contributed by atoms with E-state index in [9.17, 15) is 5.11 Å². The van der Waals surface area contributed by atoms with Crippen LogP contribution in [-0.2, 0) is 0 Å². The smallest absolute Gasteiger partial charge is 0.181 e. The molecule has 0 saturated heterocycles. The summed E-state index contributed by atoms with van der Waals surface area (Å²) in [6, 6.07) is 0. The van der Waals surface area contributed by atoms with Crippen molar-refractivity contribution >= 4 is 21.6 Å². The van der Waals surface area contributed by atoms with E-state index in [1.807, 2.05) is 13.8 Å². The zero-order valence-electron chi connectivity index (χ0n) is 7.81. The molecule has 0 amide bonds. The van der Waals surface area contributed by atoms with Gasteiger partial charge in [0.25, 0.3) is 0 Å². The number of anilines is 1. The Hall–Kier alpha value is -0.900. The Bertz CT molecular complexity index is 321. The van der Waals surface area contributed by atoms with Gasteiger partial charge in [-0.15, -0.1) is 0 Å². The van der Waals surface area contributed by atoms with E-state index < -0.39 is 0 Å². The highest BCUT2D eigenvalue weighted by Gasteiger charge is 2.16. The van der Waals surface area contributed by atoms with Crippen LogP contribution in [0, 0.1) is 13.8 Å². The highest BCUT2D eigenvalue weighted by Crippen LogP contribution is 2.42. The molecule has 0 aliphatic rings. The molecule has 1 aromatic rings. The Balaban J connectivity index is 3.56. The Kier molecular flexibility index (Phi) is 2.71. The number of aromatic hydroxyl groups is 1. The van der Waals surface area contributed by atoms with Crippen molar-refractivity contribution in [3.05, 3.63) is 15.6 Å². The largest absolute Gasteiger partial charge is 0.503 e. The molecule has 0 radical (unpaired) electrons. The van der Waals surface area contributed by atoms with Crippen molar-refractivity contribution in [3.63, 3.8) is 0 Å². The summed E-state index contributed by atoms with van der Waals surface area (Å²) in [5.41, 5.74) is 7.71. The van der Waals surface area contributed by atoms with Gasteiger partial charge >= 0.3 is 0 Å². The van der Waals surface area contributed by atoms with Crippen LogP contribution in [0.5, 0.6) is 11.5 Å². The molecule has 72 valence electrons. The van der Waals surface area contributed by atoms with Gasteiger partial charge in [0.2, 0.25) is 0 Å². The summed E-state index contributed by atoms with van der Waals surface area (Å²) in [7, 11) is 1.50. The fourth-order valence-corrected chi connectivity index (χ4v) is 1.62. The Morgan fingerprint density at radius 2 is 1.85 bits per heavy atom. The van der Waals surface area contributed by atoms with Crippen LogP contribution < -0.4 is 10.5 Å². The van der Waals surface area contributed by atoms with Crippen LogP contribution >= 0.6 is 15.9 Å². The number of rotatable bonds is 1. The lowest BCUT2D eigenvalue weighted by Gasteiger charge is -2.14. The maximum absolute atomic E-state index is 9.61. The zero-order valence-corrected chi connectivity index (χ0v) is 9.40. The fraction of sp³-hybridized carbons (Fsp3) is 0.333. The number of methoxy groups -OCH3 is 1. The van der Waals surface area contributed by atoms with E-state index in [0.29, 0.717) is 11.4 Å². The predicted octanol–water partition coefficient (Wildman–Crippen LogP) is 2.36. The summed E-state index contributed by atoms with van der Waals surface area (Å²) in [4.78, 5) is 0. The summed E-state index contributed by atoms with van der Waals surface area (Å²) >= 11 is 3.38. The summed E-state index contributed by atoms with van der Waals surface area (Å²) in [6.07, 6.45) is 0. The van der Waals surface area contributed by atoms with E-state index in [2.05, 4.69) is 15.9 Å². The average molecular weight is 246 g/mol. The number of ether oxygens (including phenoxy) is 1. The van der Waals surface area contributed by atoms with Crippen molar-refractivity contribution in [2.45, 2.75) is 13.8 Å². The normalized spacial score (nSPS) is 10.2. The lowest BCUT2D eigenvalue weighted by Crippen LogP contribution is -1.97. The molecule has 1 aromatic carbocycles. The van der Waals surface area contributed by atoms with E-state index in [0.717, 1.165) is 15.6 Å². The third-order valence-corrected chi connectivity index (χ3v) is 3.27. The van der Waals surface area contributed by atoms with Gasteiger partial charge in [0.15, 0.2) is 11.5 Å². The van der Waals surface area contributed by atoms with Crippen LogP contribution in [0.1, 0.15) is 11.1 Å². The number of hydrogen-bond donors (Lipinski definition) is 2. The number of phenolic OH excluding ortho intramolecular Hbond substituents is 1. The van der Waals surface area contributed by atoms with Gasteiger partial charge in [-0.2, -0.15) is 0 Å². The molecule has 0 aliphatic heterocycles. The maximum Gasteiger partial charge on any atom is 0.181 e. The molecule has 1 rings (SSSR count). The predicted molar refractivity (Wildman–Crippen MR) is 56.2 cm³/mol. The Morgan fingerprint density at radius 1 is 1.31 bits per heavy atom. The molecule has 0 unspecified atom stereocenters. The molecule has 0 heterocycles. The minimum atomic E-state index is 0.0145. The van der Waals surface area contributed by atoms with Crippen LogP contribution in [0.2, 0.25) is 0 Å². The first kappa shape index (κ1) is 10.2. The first-order valence-corrected chi connectivity index (χ1v) is 4.61. The first-order valence-electron chi connectivity index (χ1n) is 3.81. The SMILES string of the molecule is COc1c(C)c(Br)c(C)c(N)c1O. The molecule has 3 N–H and O–H groups in total. The van der Waals surface area contributed by atoms with Crippen LogP contribution in [0.25, 0.3) is 0 Å². The van der Waals surface area contributed by atoms with Gasteiger partial charge in [0, 0.05) is 10.0 Å². The van der Waals surface area contributed by atoms with Gasteiger partial charge in [0.1, 0.15) is 0 Å². The number of nitrogen functional groups attached to an aromatic ring is 1. The minimum Gasteiger partial charge on any atom is -0.503 e. The highest BCUT2D eigenvalue weighted by molar-refractivity contribution is 9.10. The molecule has 3 nitrogen and oxygen atoms in total. The lowest BCUT2D eigenvalue weighted by molar-refractivity contribution is 0.371. The van der Waals surface area contributed by atoms with Gasteiger partial charge in [-0.25, -0.2) is 0 Å². The third-order valence-electron chi connectivity index (χ3n) is 2.08. The van der Waals surface area contributed by atoms with Crippen molar-refractivity contribution in [1.82, 2.24) is 0 Å². The van der Waals surface area contributed by atoms with E-state index >= 15 is 0 Å². The Labute approximate surface area is 85.6 Å². The van der Waals surface area contributed by atoms with Gasteiger partial charge in [0.05, 0.1) is 12.8 Å². The molecule has 0 aliphatic carbocycles. The molecule has 0 spiro atoms. The van der Waals surface area contributed by atoms with Crippen LogP contribution in [0.3, 0.4) is 0 Å².